The molecular formula is C22H25N3O3S. The predicted octanol–water partition coefficient (Wildman–Crippen LogP) is 2.76. The summed E-state index contributed by atoms with van der Waals surface area (Å²) in [6.07, 6.45) is 0.588. The lowest BCUT2D eigenvalue weighted by atomic mass is 9.99. The Kier molecular flexibility index (Phi) is 5.04. The summed E-state index contributed by atoms with van der Waals surface area (Å²) in [4.78, 5) is 15.0. The van der Waals surface area contributed by atoms with Gasteiger partial charge in [-0.1, -0.05) is 35.9 Å². The Balaban J connectivity index is 1.82. The molecule has 29 heavy (non-hydrogen) atoms. The number of benzene rings is 2. The molecule has 1 aromatic heterocycles. The molecule has 152 valence electrons. The second-order valence-electron chi connectivity index (χ2n) is 7.97. The first-order valence-electron chi connectivity index (χ1n) is 9.73. The number of aromatic nitrogens is 2. The number of hydrogen-bond acceptors (Lipinski definition) is 5. The van der Waals surface area contributed by atoms with Crippen LogP contribution in [0.4, 0.5) is 0 Å². The maximum atomic E-state index is 13.1. The van der Waals surface area contributed by atoms with Gasteiger partial charge in [-0.2, -0.15) is 5.10 Å². The average Bonchev–Trinajstić information content (AvgIpc) is 3.06. The van der Waals surface area contributed by atoms with Gasteiger partial charge in [0.15, 0.2) is 9.84 Å². The predicted molar refractivity (Wildman–Crippen MR) is 116 cm³/mol. The first-order chi connectivity index (χ1) is 13.7. The Labute approximate surface area is 170 Å². The van der Waals surface area contributed by atoms with E-state index in [-0.39, 0.29) is 29.8 Å². The molecule has 0 saturated carbocycles. The third kappa shape index (κ3) is 3.84. The quantitative estimate of drug-likeness (QED) is 0.660. The molecule has 1 fully saturated rings. The Hall–Kier alpha value is -2.51. The van der Waals surface area contributed by atoms with Crippen molar-refractivity contribution in [3.05, 3.63) is 63.9 Å². The molecule has 7 heteroatoms. The van der Waals surface area contributed by atoms with Crippen LogP contribution in [0, 0.1) is 13.8 Å². The standard InChI is InChI=1S/C22H25N3O3S/c1-15-8-9-16(2)20(12-15)21-18-6-4-5-7-19(18)22(26)25(23-21)14-24(3)17-10-11-29(27,28)13-17/h4-9,12,17H,10-11,13-14H2,1-3H3. The highest BCUT2D eigenvalue weighted by Crippen LogP contribution is 2.28. The van der Waals surface area contributed by atoms with E-state index >= 15 is 0 Å². The molecule has 1 aliphatic rings. The zero-order valence-corrected chi connectivity index (χ0v) is 17.7. The number of fused-ring (bicyclic) bond motifs is 1. The zero-order chi connectivity index (χ0) is 20.8. The summed E-state index contributed by atoms with van der Waals surface area (Å²) >= 11 is 0. The fourth-order valence-corrected chi connectivity index (χ4v) is 5.78. The Bertz CT molecular complexity index is 1250. The van der Waals surface area contributed by atoms with Gasteiger partial charge < -0.3 is 0 Å². The molecule has 0 radical (unpaired) electrons. The summed E-state index contributed by atoms with van der Waals surface area (Å²) in [7, 11) is -1.13. The minimum absolute atomic E-state index is 0.0932. The SMILES string of the molecule is Cc1ccc(C)c(-c2nn(CN(C)C3CCS(=O)(=O)C3)c(=O)c3ccccc23)c1. The smallest absolute Gasteiger partial charge is 0.275 e. The Morgan fingerprint density at radius 1 is 1.14 bits per heavy atom. The van der Waals surface area contributed by atoms with Crippen molar-refractivity contribution >= 4 is 20.6 Å². The van der Waals surface area contributed by atoms with Gasteiger partial charge in [0.2, 0.25) is 0 Å². The van der Waals surface area contributed by atoms with E-state index in [1.807, 2.05) is 50.1 Å². The van der Waals surface area contributed by atoms with Crippen LogP contribution in [0.15, 0.2) is 47.3 Å². The number of aryl methyl sites for hydroxylation is 2. The van der Waals surface area contributed by atoms with Gasteiger partial charge in [0.1, 0.15) is 0 Å². The molecule has 0 N–H and O–H groups in total. The van der Waals surface area contributed by atoms with E-state index in [1.54, 1.807) is 0 Å². The average molecular weight is 412 g/mol. The topological polar surface area (TPSA) is 72.3 Å². The maximum absolute atomic E-state index is 13.1. The van der Waals surface area contributed by atoms with E-state index in [9.17, 15) is 13.2 Å². The van der Waals surface area contributed by atoms with E-state index in [4.69, 9.17) is 5.10 Å². The monoisotopic (exact) mass is 411 g/mol. The van der Waals surface area contributed by atoms with Crippen molar-refractivity contribution in [2.24, 2.45) is 0 Å². The van der Waals surface area contributed by atoms with E-state index in [0.717, 1.165) is 27.8 Å². The Morgan fingerprint density at radius 2 is 1.86 bits per heavy atom. The molecule has 0 bridgehead atoms. The summed E-state index contributed by atoms with van der Waals surface area (Å²) in [5.41, 5.74) is 3.83. The molecule has 1 atom stereocenters. The van der Waals surface area contributed by atoms with Crippen LogP contribution in [0.1, 0.15) is 17.5 Å². The molecule has 0 aliphatic carbocycles. The van der Waals surface area contributed by atoms with Crippen LogP contribution in [0.25, 0.3) is 22.0 Å². The number of nitrogens with zero attached hydrogens (tertiary/aromatic N) is 3. The molecule has 1 saturated heterocycles. The van der Waals surface area contributed by atoms with Crippen molar-refractivity contribution in [3.8, 4) is 11.3 Å². The van der Waals surface area contributed by atoms with Gasteiger partial charge in [-0.05, 0) is 45.0 Å². The van der Waals surface area contributed by atoms with Crippen molar-refractivity contribution in [2.75, 3.05) is 18.6 Å². The highest BCUT2D eigenvalue weighted by Gasteiger charge is 2.31. The van der Waals surface area contributed by atoms with Crippen LogP contribution in [0.5, 0.6) is 0 Å². The molecule has 1 unspecified atom stereocenters. The molecule has 1 aliphatic heterocycles. The lowest BCUT2D eigenvalue weighted by molar-refractivity contribution is 0.194. The number of rotatable bonds is 4. The maximum Gasteiger partial charge on any atom is 0.275 e. The minimum atomic E-state index is -2.99. The van der Waals surface area contributed by atoms with E-state index in [2.05, 4.69) is 18.2 Å². The second-order valence-corrected chi connectivity index (χ2v) is 10.2. The van der Waals surface area contributed by atoms with Gasteiger partial charge in [0.25, 0.3) is 5.56 Å². The minimum Gasteiger partial charge on any atom is -0.283 e. The van der Waals surface area contributed by atoms with Crippen LogP contribution >= 0.6 is 0 Å². The van der Waals surface area contributed by atoms with Gasteiger partial charge in [-0.15, -0.1) is 0 Å². The van der Waals surface area contributed by atoms with Gasteiger partial charge >= 0.3 is 0 Å². The van der Waals surface area contributed by atoms with Crippen LogP contribution in [0.2, 0.25) is 0 Å². The van der Waals surface area contributed by atoms with Crippen molar-refractivity contribution in [3.63, 3.8) is 0 Å². The van der Waals surface area contributed by atoms with Gasteiger partial charge in [-0.3, -0.25) is 9.69 Å². The Morgan fingerprint density at radius 3 is 2.55 bits per heavy atom. The third-order valence-corrected chi connectivity index (χ3v) is 7.46. The summed E-state index contributed by atoms with van der Waals surface area (Å²) in [5.74, 6) is 0.339. The summed E-state index contributed by atoms with van der Waals surface area (Å²) < 4.78 is 25.1. The van der Waals surface area contributed by atoms with Crippen molar-refractivity contribution in [1.82, 2.24) is 14.7 Å². The highest BCUT2D eigenvalue weighted by molar-refractivity contribution is 7.91. The summed E-state index contributed by atoms with van der Waals surface area (Å²) in [6, 6.07) is 13.6. The molecular weight excluding hydrogens is 386 g/mol. The number of hydrogen-bond donors (Lipinski definition) is 0. The summed E-state index contributed by atoms with van der Waals surface area (Å²) in [5, 5.41) is 6.18. The molecule has 0 amide bonds. The second kappa shape index (κ2) is 7.39. The zero-order valence-electron chi connectivity index (χ0n) is 16.9. The first kappa shape index (κ1) is 19.8. The van der Waals surface area contributed by atoms with Crippen LogP contribution < -0.4 is 5.56 Å². The molecule has 0 spiro atoms. The molecule has 2 heterocycles. The largest absolute Gasteiger partial charge is 0.283 e. The highest BCUT2D eigenvalue weighted by atomic mass is 32.2. The van der Waals surface area contributed by atoms with E-state index in [1.165, 1.54) is 4.68 Å². The molecule has 6 nitrogen and oxygen atoms in total. The van der Waals surface area contributed by atoms with Gasteiger partial charge in [0.05, 0.1) is 29.3 Å². The normalized spacial score (nSPS) is 18.6. The van der Waals surface area contributed by atoms with Crippen LogP contribution in [-0.2, 0) is 16.5 Å². The molecule has 2 aromatic carbocycles. The summed E-state index contributed by atoms with van der Waals surface area (Å²) in [6.45, 7) is 4.33. The fraction of sp³-hybridized carbons (Fsp3) is 0.364. The fourth-order valence-electron chi connectivity index (χ4n) is 3.97. The van der Waals surface area contributed by atoms with Crippen LogP contribution in [0.3, 0.4) is 0 Å². The van der Waals surface area contributed by atoms with Gasteiger partial charge in [0, 0.05) is 17.0 Å². The van der Waals surface area contributed by atoms with E-state index < -0.39 is 9.84 Å². The number of sulfone groups is 1. The molecule has 4 rings (SSSR count). The lowest BCUT2D eigenvalue weighted by Crippen LogP contribution is -2.38. The van der Waals surface area contributed by atoms with Crippen LogP contribution in [-0.4, -0.2) is 47.7 Å². The molecule has 3 aromatic rings. The third-order valence-electron chi connectivity index (χ3n) is 5.70. The van der Waals surface area contributed by atoms with Crippen molar-refractivity contribution in [1.29, 1.82) is 0 Å². The van der Waals surface area contributed by atoms with Crippen molar-refractivity contribution < 1.29 is 8.42 Å². The van der Waals surface area contributed by atoms with Gasteiger partial charge in [-0.25, -0.2) is 13.1 Å². The van der Waals surface area contributed by atoms with Crippen molar-refractivity contribution in [2.45, 2.75) is 33.0 Å². The lowest BCUT2D eigenvalue weighted by Gasteiger charge is -2.24. The van der Waals surface area contributed by atoms with E-state index in [0.29, 0.717) is 11.8 Å². The first-order valence-corrected chi connectivity index (χ1v) is 11.6.